The largest absolute Gasteiger partial charge is 0.493 e. The second-order valence-corrected chi connectivity index (χ2v) is 6.84. The van der Waals surface area contributed by atoms with Gasteiger partial charge in [-0.2, -0.15) is 10.2 Å². The molecule has 2 aromatic carbocycles. The van der Waals surface area contributed by atoms with E-state index < -0.39 is 5.91 Å². The first-order valence-corrected chi connectivity index (χ1v) is 9.26. The molecule has 9 heteroatoms. The molecule has 7 nitrogen and oxygen atoms in total. The molecule has 3 rings (SSSR count). The van der Waals surface area contributed by atoms with Crippen LogP contribution in [0.25, 0.3) is 11.3 Å². The van der Waals surface area contributed by atoms with Gasteiger partial charge in [0.2, 0.25) is 0 Å². The summed E-state index contributed by atoms with van der Waals surface area (Å²) in [6.07, 6.45) is 0. The van der Waals surface area contributed by atoms with Crippen LogP contribution in [0.1, 0.15) is 23.0 Å². The van der Waals surface area contributed by atoms with Gasteiger partial charge in [0.25, 0.3) is 5.91 Å². The van der Waals surface area contributed by atoms with Crippen LogP contribution in [0.2, 0.25) is 10.0 Å². The Balaban J connectivity index is 1.74. The molecule has 0 saturated heterocycles. The van der Waals surface area contributed by atoms with Gasteiger partial charge in [0.15, 0.2) is 11.5 Å². The molecule has 2 N–H and O–H groups in total. The number of aromatic amines is 1. The van der Waals surface area contributed by atoms with E-state index in [-0.39, 0.29) is 5.69 Å². The summed E-state index contributed by atoms with van der Waals surface area (Å²) >= 11 is 12.1. The Bertz CT molecular complexity index is 1080. The standard InChI is InChI=1S/C20H18Cl2N4O3/c1-11(12-4-7-18(28-2)19(8-12)29-3)23-26-20(27)17-10-16(24-25-17)14-6-5-13(21)9-15(14)22/h4-10H,1-3H3,(H,24,25)(H,26,27)/b23-11+. The van der Waals surface area contributed by atoms with E-state index in [1.807, 2.05) is 6.07 Å². The first kappa shape index (κ1) is 20.7. The molecule has 1 amide bonds. The van der Waals surface area contributed by atoms with Gasteiger partial charge in [-0.05, 0) is 49.4 Å². The lowest BCUT2D eigenvalue weighted by Crippen LogP contribution is -2.19. The number of methoxy groups -OCH3 is 2. The molecule has 0 aliphatic carbocycles. The Morgan fingerprint density at radius 3 is 2.52 bits per heavy atom. The van der Waals surface area contributed by atoms with Crippen molar-refractivity contribution in [1.82, 2.24) is 15.6 Å². The number of nitrogens with one attached hydrogen (secondary N) is 2. The lowest BCUT2D eigenvalue weighted by Gasteiger charge is -2.09. The molecule has 0 bridgehead atoms. The number of amides is 1. The van der Waals surface area contributed by atoms with Crippen LogP contribution in [0.5, 0.6) is 11.5 Å². The van der Waals surface area contributed by atoms with Gasteiger partial charge in [0, 0.05) is 16.1 Å². The molecule has 0 atom stereocenters. The number of ether oxygens (including phenoxy) is 2. The number of hydrogen-bond acceptors (Lipinski definition) is 5. The van der Waals surface area contributed by atoms with E-state index in [1.165, 1.54) is 0 Å². The van der Waals surface area contributed by atoms with Crippen LogP contribution < -0.4 is 14.9 Å². The van der Waals surface area contributed by atoms with Gasteiger partial charge in [0.05, 0.1) is 30.6 Å². The number of nitrogens with zero attached hydrogens (tertiary/aromatic N) is 2. The molecule has 0 spiro atoms. The molecule has 1 heterocycles. The Morgan fingerprint density at radius 2 is 1.83 bits per heavy atom. The summed E-state index contributed by atoms with van der Waals surface area (Å²) in [5.41, 5.74) is 5.31. The molecule has 0 aliphatic heterocycles. The summed E-state index contributed by atoms with van der Waals surface area (Å²) in [6, 6.07) is 12.0. The molecule has 29 heavy (non-hydrogen) atoms. The third kappa shape index (κ3) is 4.70. The second kappa shape index (κ2) is 8.98. The van der Waals surface area contributed by atoms with Crippen molar-refractivity contribution in [1.29, 1.82) is 0 Å². The Morgan fingerprint density at radius 1 is 1.07 bits per heavy atom. The lowest BCUT2D eigenvalue weighted by molar-refractivity contribution is 0.0950. The number of hydrazone groups is 1. The van der Waals surface area contributed by atoms with Crippen LogP contribution in [0, 0.1) is 0 Å². The fourth-order valence-electron chi connectivity index (χ4n) is 2.59. The SMILES string of the molecule is COc1ccc(/C(C)=N/NC(=O)c2cc(-c3ccc(Cl)cc3Cl)n[nH]2)cc1OC. The number of H-pyrrole nitrogens is 1. The molecule has 0 fully saturated rings. The quantitative estimate of drug-likeness (QED) is 0.441. The van der Waals surface area contributed by atoms with Crippen molar-refractivity contribution in [2.75, 3.05) is 14.2 Å². The second-order valence-electron chi connectivity index (χ2n) is 6.00. The van der Waals surface area contributed by atoms with Crippen molar-refractivity contribution >= 4 is 34.8 Å². The molecule has 3 aromatic rings. The smallest absolute Gasteiger partial charge is 0.289 e. The minimum atomic E-state index is -0.436. The Kier molecular flexibility index (Phi) is 6.41. The van der Waals surface area contributed by atoms with E-state index >= 15 is 0 Å². The van der Waals surface area contributed by atoms with Crippen molar-refractivity contribution in [2.45, 2.75) is 6.92 Å². The van der Waals surface area contributed by atoms with Gasteiger partial charge >= 0.3 is 0 Å². The zero-order valence-corrected chi connectivity index (χ0v) is 17.4. The predicted molar refractivity (Wildman–Crippen MR) is 113 cm³/mol. The van der Waals surface area contributed by atoms with E-state index in [9.17, 15) is 4.79 Å². The number of aromatic nitrogens is 2. The third-order valence-corrected chi connectivity index (χ3v) is 4.70. The monoisotopic (exact) mass is 432 g/mol. The van der Waals surface area contributed by atoms with Crippen molar-refractivity contribution in [3.63, 3.8) is 0 Å². The first-order valence-electron chi connectivity index (χ1n) is 8.50. The van der Waals surface area contributed by atoms with E-state index in [2.05, 4.69) is 20.7 Å². The van der Waals surface area contributed by atoms with Crippen molar-refractivity contribution in [2.24, 2.45) is 5.10 Å². The van der Waals surface area contributed by atoms with Crippen LogP contribution in [0.15, 0.2) is 47.6 Å². The lowest BCUT2D eigenvalue weighted by atomic mass is 10.1. The van der Waals surface area contributed by atoms with Crippen molar-refractivity contribution < 1.29 is 14.3 Å². The normalized spacial score (nSPS) is 11.3. The third-order valence-electron chi connectivity index (χ3n) is 4.16. The highest BCUT2D eigenvalue weighted by Crippen LogP contribution is 2.29. The van der Waals surface area contributed by atoms with E-state index in [1.54, 1.807) is 57.5 Å². The maximum absolute atomic E-state index is 12.4. The van der Waals surface area contributed by atoms with Crippen molar-refractivity contribution in [3.05, 3.63) is 63.8 Å². The highest BCUT2D eigenvalue weighted by Gasteiger charge is 2.13. The minimum Gasteiger partial charge on any atom is -0.493 e. The number of rotatable bonds is 6. The molecule has 0 unspecified atom stereocenters. The minimum absolute atomic E-state index is 0.245. The summed E-state index contributed by atoms with van der Waals surface area (Å²) in [6.45, 7) is 1.77. The van der Waals surface area contributed by atoms with E-state index in [0.717, 1.165) is 5.56 Å². The number of carbonyl (C=O) groups excluding carboxylic acids is 1. The van der Waals surface area contributed by atoms with Gasteiger partial charge in [-0.15, -0.1) is 0 Å². The van der Waals surface area contributed by atoms with Gasteiger partial charge < -0.3 is 9.47 Å². The summed E-state index contributed by atoms with van der Waals surface area (Å²) in [5, 5.41) is 11.9. The molecule has 0 aliphatic rings. The van der Waals surface area contributed by atoms with Gasteiger partial charge in [0.1, 0.15) is 5.69 Å². The average Bonchev–Trinajstić information content (AvgIpc) is 3.21. The highest BCUT2D eigenvalue weighted by atomic mass is 35.5. The highest BCUT2D eigenvalue weighted by molar-refractivity contribution is 6.36. The summed E-state index contributed by atoms with van der Waals surface area (Å²) in [4.78, 5) is 12.4. The number of hydrogen-bond donors (Lipinski definition) is 2. The van der Waals surface area contributed by atoms with Gasteiger partial charge in [-0.3, -0.25) is 9.89 Å². The Hall–Kier alpha value is -3.03. The van der Waals surface area contributed by atoms with Crippen LogP contribution in [-0.2, 0) is 0 Å². The maximum atomic E-state index is 12.4. The topological polar surface area (TPSA) is 88.6 Å². The molecule has 150 valence electrons. The summed E-state index contributed by atoms with van der Waals surface area (Å²) < 4.78 is 10.5. The molecule has 0 saturated carbocycles. The summed E-state index contributed by atoms with van der Waals surface area (Å²) in [5.74, 6) is 0.747. The zero-order chi connectivity index (χ0) is 21.0. The van der Waals surface area contributed by atoms with Crippen LogP contribution in [0.3, 0.4) is 0 Å². The zero-order valence-electron chi connectivity index (χ0n) is 15.9. The van der Waals surface area contributed by atoms with Crippen LogP contribution >= 0.6 is 23.2 Å². The number of carbonyl (C=O) groups is 1. The van der Waals surface area contributed by atoms with E-state index in [0.29, 0.717) is 38.5 Å². The predicted octanol–water partition coefficient (Wildman–Crippen LogP) is 4.55. The molecular weight excluding hydrogens is 415 g/mol. The maximum Gasteiger partial charge on any atom is 0.289 e. The van der Waals surface area contributed by atoms with Crippen LogP contribution in [0.4, 0.5) is 0 Å². The molecule has 1 aromatic heterocycles. The fraction of sp³-hybridized carbons (Fsp3) is 0.150. The first-order chi connectivity index (χ1) is 13.9. The Labute approximate surface area is 177 Å². The molecular formula is C20H18Cl2N4O3. The summed E-state index contributed by atoms with van der Waals surface area (Å²) in [7, 11) is 3.12. The van der Waals surface area contributed by atoms with Gasteiger partial charge in [-0.1, -0.05) is 23.2 Å². The average molecular weight is 433 g/mol. The van der Waals surface area contributed by atoms with E-state index in [4.69, 9.17) is 32.7 Å². The van der Waals surface area contributed by atoms with Crippen molar-refractivity contribution in [3.8, 4) is 22.8 Å². The van der Waals surface area contributed by atoms with Gasteiger partial charge in [-0.25, -0.2) is 5.43 Å². The molecule has 0 radical (unpaired) electrons. The number of benzene rings is 2. The fourth-order valence-corrected chi connectivity index (χ4v) is 3.10. The number of halogens is 2. The van der Waals surface area contributed by atoms with Crippen LogP contribution in [-0.4, -0.2) is 36.0 Å².